The molecule has 2 unspecified atom stereocenters. The van der Waals surface area contributed by atoms with Crippen LogP contribution in [0.3, 0.4) is 0 Å². The van der Waals surface area contributed by atoms with E-state index < -0.39 is 24.0 Å². The SMILES string of the molecule is CN(C/C=C/C(O)N1CC(/C=[N+]2\C=C(c3cccnc3)N=N2)[C@H](OCc2ccc(C(F)(F)F)cc2)C1)CCCCN(C)C(=O)CCCC[C@@H]1C[C@@H](NC(N)=O)CS1. The number of thioether (sulfide) groups is 1. The molecule has 310 valence electrons. The fourth-order valence-electron chi connectivity index (χ4n) is 7.03. The van der Waals surface area contributed by atoms with E-state index in [4.69, 9.17) is 10.5 Å². The summed E-state index contributed by atoms with van der Waals surface area (Å²) in [5.74, 6) is 0.855. The number of rotatable bonds is 20. The highest BCUT2D eigenvalue weighted by atomic mass is 32.2. The van der Waals surface area contributed by atoms with Gasteiger partial charge in [0.15, 0.2) is 6.20 Å². The van der Waals surface area contributed by atoms with Crippen LogP contribution in [0.5, 0.6) is 0 Å². The topological polar surface area (TPSA) is 152 Å². The molecule has 5 atom stereocenters. The number of unbranched alkanes of at least 4 members (excludes halogenated alkanes) is 2. The van der Waals surface area contributed by atoms with Gasteiger partial charge in [-0.25, -0.2) is 4.79 Å². The minimum absolute atomic E-state index is 0.111. The molecule has 5 rings (SSSR count). The quantitative estimate of drug-likeness (QED) is 0.0898. The van der Waals surface area contributed by atoms with Gasteiger partial charge in [-0.2, -0.15) is 24.9 Å². The summed E-state index contributed by atoms with van der Waals surface area (Å²) in [4.78, 5) is 33.7. The van der Waals surface area contributed by atoms with Crippen molar-refractivity contribution in [1.29, 1.82) is 0 Å². The van der Waals surface area contributed by atoms with Gasteiger partial charge in [0.2, 0.25) is 5.91 Å². The Morgan fingerprint density at radius 1 is 1.14 bits per heavy atom. The third-order valence-electron chi connectivity index (χ3n) is 10.3. The average molecular weight is 815 g/mol. The van der Waals surface area contributed by atoms with Crippen molar-refractivity contribution in [2.75, 3.05) is 52.6 Å². The lowest BCUT2D eigenvalue weighted by atomic mass is 10.1. The number of carbonyl (C=O) groups is 2. The van der Waals surface area contributed by atoms with Gasteiger partial charge >= 0.3 is 12.2 Å². The number of likely N-dealkylation sites (N-methyl/N-ethyl adjacent to an activating group) is 1. The first kappa shape index (κ1) is 44.0. The number of carbonyl (C=O) groups excluding carboxylic acids is 2. The molecule has 3 amide bonds. The molecule has 3 aliphatic heterocycles. The number of halogens is 3. The zero-order chi connectivity index (χ0) is 40.8. The van der Waals surface area contributed by atoms with Crippen LogP contribution in [-0.4, -0.2) is 124 Å². The number of ether oxygens (including phenoxy) is 1. The monoisotopic (exact) mass is 814 g/mol. The first-order chi connectivity index (χ1) is 27.3. The van der Waals surface area contributed by atoms with Crippen LogP contribution in [-0.2, 0) is 22.3 Å². The number of hydrogen-bond donors (Lipinski definition) is 3. The molecule has 0 aliphatic carbocycles. The van der Waals surface area contributed by atoms with E-state index in [0.717, 1.165) is 68.5 Å². The number of pyridine rings is 1. The van der Waals surface area contributed by atoms with Crippen molar-refractivity contribution in [1.82, 2.24) is 25.0 Å². The molecule has 57 heavy (non-hydrogen) atoms. The zero-order valence-corrected chi connectivity index (χ0v) is 33.5. The maximum absolute atomic E-state index is 13.1. The number of hydrogen-bond acceptors (Lipinski definition) is 10. The number of urea groups is 1. The number of primary amides is 1. The van der Waals surface area contributed by atoms with Crippen molar-refractivity contribution >= 4 is 35.6 Å². The summed E-state index contributed by atoms with van der Waals surface area (Å²) < 4.78 is 47.1. The van der Waals surface area contributed by atoms with Crippen molar-refractivity contribution in [3.63, 3.8) is 0 Å². The van der Waals surface area contributed by atoms with Crippen molar-refractivity contribution in [2.45, 2.75) is 81.4 Å². The van der Waals surface area contributed by atoms with Crippen LogP contribution in [0.1, 0.15) is 61.6 Å². The number of nitrogens with zero attached hydrogens (tertiary/aromatic N) is 7. The lowest BCUT2D eigenvalue weighted by Gasteiger charge is -2.21. The van der Waals surface area contributed by atoms with Crippen LogP contribution in [0.2, 0.25) is 0 Å². The molecular formula is C40H55F3N9O4S+. The average Bonchev–Trinajstić information content (AvgIpc) is 3.95. The molecule has 1 aromatic heterocycles. The second kappa shape index (κ2) is 21.6. The number of likely N-dealkylation sites (tertiary alicyclic amines) is 1. The summed E-state index contributed by atoms with van der Waals surface area (Å²) in [6, 6.07) is 8.32. The Bertz CT molecular complexity index is 1730. The Balaban J connectivity index is 1.03. The molecular weight excluding hydrogens is 760 g/mol. The Morgan fingerprint density at radius 2 is 1.93 bits per heavy atom. The molecule has 0 radical (unpaired) electrons. The van der Waals surface area contributed by atoms with Gasteiger partial charge in [0.25, 0.3) is 5.70 Å². The molecule has 1 aromatic carbocycles. The number of aliphatic hydroxyl groups excluding tert-OH is 1. The molecule has 4 heterocycles. The summed E-state index contributed by atoms with van der Waals surface area (Å²) in [5, 5.41) is 23.0. The highest BCUT2D eigenvalue weighted by Crippen LogP contribution is 2.31. The minimum atomic E-state index is -4.41. The largest absolute Gasteiger partial charge is 0.416 e. The van der Waals surface area contributed by atoms with Crippen molar-refractivity contribution in [3.05, 3.63) is 83.8 Å². The van der Waals surface area contributed by atoms with Crippen molar-refractivity contribution in [2.24, 2.45) is 22.0 Å². The minimum Gasteiger partial charge on any atom is -0.375 e. The predicted molar refractivity (Wildman–Crippen MR) is 214 cm³/mol. The van der Waals surface area contributed by atoms with Crippen LogP contribution in [0.15, 0.2) is 77.5 Å². The molecule has 2 fully saturated rings. The summed E-state index contributed by atoms with van der Waals surface area (Å²) in [5.41, 5.74) is 6.61. The van der Waals surface area contributed by atoms with Crippen LogP contribution in [0, 0.1) is 5.92 Å². The molecule has 0 spiro atoms. The molecule has 0 bridgehead atoms. The summed E-state index contributed by atoms with van der Waals surface area (Å²) >= 11 is 1.86. The number of benzene rings is 1. The second-order valence-electron chi connectivity index (χ2n) is 14.9. The van der Waals surface area contributed by atoms with Crippen LogP contribution < -0.4 is 11.1 Å². The number of nitrogens with two attached hydrogens (primary N) is 1. The number of aromatic nitrogens is 1. The number of amides is 3. The van der Waals surface area contributed by atoms with Crippen molar-refractivity contribution in [3.8, 4) is 0 Å². The van der Waals surface area contributed by atoms with Crippen molar-refractivity contribution < 1.29 is 37.3 Å². The van der Waals surface area contributed by atoms with E-state index in [1.54, 1.807) is 29.4 Å². The van der Waals surface area contributed by atoms with E-state index in [1.807, 2.05) is 60.1 Å². The van der Waals surface area contributed by atoms with Gasteiger partial charge in [-0.05, 0) is 81.6 Å². The number of alkyl halides is 3. The van der Waals surface area contributed by atoms with Gasteiger partial charge in [0, 0.05) is 69.1 Å². The van der Waals surface area contributed by atoms with Gasteiger partial charge in [0.05, 0.1) is 34.9 Å². The maximum Gasteiger partial charge on any atom is 0.416 e. The molecule has 2 aromatic rings. The summed E-state index contributed by atoms with van der Waals surface area (Å²) in [7, 11) is 3.88. The predicted octanol–water partition coefficient (Wildman–Crippen LogP) is 5.53. The molecule has 4 N–H and O–H groups in total. The molecule has 13 nitrogen and oxygen atoms in total. The van der Waals surface area contributed by atoms with E-state index >= 15 is 0 Å². The van der Waals surface area contributed by atoms with Crippen LogP contribution in [0.4, 0.5) is 18.0 Å². The Labute approximate surface area is 336 Å². The standard InChI is InChI=1S/C40H54F3N9O4S/c1-49(18-5-6-20-50(2)37(53)11-4-3-10-34-21-33(28-57-34)46-39(44)55)19-8-12-38(54)51-23-31(24-52-25-35(47-48-52)30-9-7-17-45-22-30)36(26-51)56-27-29-13-15-32(16-14-29)40(41,42)43/h7-9,12-17,22,24-25,31,33-34,36,38,54H,3-6,10-11,18-21,23,26-28H2,1-2H3,(H2-,44,46,55)/p+1/b12-8+,52-24+/t31?,33-,34-,36-,38?/m1/s1. The Hall–Kier alpha value is -4.16. The fraction of sp³-hybridized carbons (Fsp3) is 0.550. The van der Waals surface area contributed by atoms with E-state index in [0.29, 0.717) is 49.1 Å². The molecule has 3 aliphatic rings. The summed E-state index contributed by atoms with van der Waals surface area (Å²) in [6.45, 7) is 3.15. The second-order valence-corrected chi connectivity index (χ2v) is 16.2. The van der Waals surface area contributed by atoms with Gasteiger partial charge in [-0.1, -0.05) is 24.6 Å². The van der Waals surface area contributed by atoms with E-state index in [2.05, 4.69) is 25.5 Å². The van der Waals surface area contributed by atoms with Gasteiger partial charge in [-0.15, -0.1) is 4.68 Å². The first-order valence-corrected chi connectivity index (χ1v) is 20.5. The first-order valence-electron chi connectivity index (χ1n) is 19.5. The highest BCUT2D eigenvalue weighted by molar-refractivity contribution is 8.00. The maximum atomic E-state index is 13.1. The van der Waals surface area contributed by atoms with E-state index in [1.165, 1.54) is 12.1 Å². The molecule has 2 saturated heterocycles. The van der Waals surface area contributed by atoms with Crippen LogP contribution >= 0.6 is 11.8 Å². The number of nitrogens with one attached hydrogen (secondary N) is 1. The lowest BCUT2D eigenvalue weighted by molar-refractivity contribution is -0.461. The highest BCUT2D eigenvalue weighted by Gasteiger charge is 2.37. The van der Waals surface area contributed by atoms with E-state index in [9.17, 15) is 27.9 Å². The fourth-order valence-corrected chi connectivity index (χ4v) is 8.45. The third kappa shape index (κ3) is 14.3. The zero-order valence-electron chi connectivity index (χ0n) is 32.6. The number of aliphatic hydroxyl groups is 1. The summed E-state index contributed by atoms with van der Waals surface area (Å²) in [6.07, 6.45) is 11.3. The smallest absolute Gasteiger partial charge is 0.375 e. The van der Waals surface area contributed by atoms with E-state index in [-0.39, 0.29) is 30.6 Å². The van der Waals surface area contributed by atoms with Gasteiger partial charge in [0.1, 0.15) is 17.7 Å². The molecule has 0 saturated carbocycles. The normalized spacial score (nSPS) is 22.5. The molecule has 17 heteroatoms. The van der Waals surface area contributed by atoms with Gasteiger partial charge < -0.3 is 30.7 Å². The van der Waals surface area contributed by atoms with Crippen LogP contribution in [0.25, 0.3) is 5.70 Å². The lowest BCUT2D eigenvalue weighted by Crippen LogP contribution is -2.38. The Kier molecular flexibility index (Phi) is 16.6. The van der Waals surface area contributed by atoms with Gasteiger partial charge in [-0.3, -0.25) is 14.7 Å². The Morgan fingerprint density at radius 3 is 2.67 bits per heavy atom. The third-order valence-corrected chi connectivity index (χ3v) is 11.8.